The van der Waals surface area contributed by atoms with Gasteiger partial charge in [0.15, 0.2) is 10.8 Å². The SMILES string of the molecule is CC1(C)S[C@@H]2[C@@H](NC(=O)/C(=N\OCC3CCCCC3)c3csc(N)n3)C(=O)N2[C@H]1C(=O)[O-].[Na+]. The number of nitrogen functional groups attached to an aromatic ring is 1. The van der Waals surface area contributed by atoms with E-state index in [1.165, 1.54) is 34.4 Å². The number of thioether (sulfide) groups is 1. The number of carbonyl (C=O) groups is 3. The zero-order valence-corrected chi connectivity index (χ0v) is 22.5. The van der Waals surface area contributed by atoms with Gasteiger partial charge in [-0.05, 0) is 32.6 Å². The molecule has 0 radical (unpaired) electrons. The minimum Gasteiger partial charge on any atom is -0.548 e. The molecule has 3 heterocycles. The van der Waals surface area contributed by atoms with Crippen molar-refractivity contribution in [2.45, 2.75) is 68.2 Å². The van der Waals surface area contributed by atoms with Crippen LogP contribution in [-0.4, -0.2) is 62.2 Å². The van der Waals surface area contributed by atoms with Crippen LogP contribution in [-0.2, 0) is 19.2 Å². The second-order valence-corrected chi connectivity index (χ2v) is 11.5. The number of nitrogens with two attached hydrogens (primary N) is 1. The van der Waals surface area contributed by atoms with E-state index in [9.17, 15) is 19.5 Å². The summed E-state index contributed by atoms with van der Waals surface area (Å²) < 4.78 is -0.734. The number of β-lactam (4-membered cyclic amide) rings is 1. The topological polar surface area (TPSA) is 150 Å². The Morgan fingerprint density at radius 1 is 1.36 bits per heavy atom. The number of hydrogen-bond acceptors (Lipinski definition) is 10. The molecule has 3 atom stereocenters. The second kappa shape index (κ2) is 10.5. The first-order valence-electron chi connectivity index (χ1n) is 10.6. The minimum absolute atomic E-state index is 0. The molecule has 1 aromatic rings. The van der Waals surface area contributed by atoms with Gasteiger partial charge in [-0.2, -0.15) is 0 Å². The Morgan fingerprint density at radius 3 is 2.67 bits per heavy atom. The summed E-state index contributed by atoms with van der Waals surface area (Å²) in [5, 5.41) is 19.7. The molecule has 0 aromatic carbocycles. The molecule has 13 heteroatoms. The Labute approximate surface area is 222 Å². The van der Waals surface area contributed by atoms with Crippen LogP contribution in [0.2, 0.25) is 0 Å². The van der Waals surface area contributed by atoms with E-state index < -0.39 is 40.0 Å². The number of oxime groups is 1. The molecule has 33 heavy (non-hydrogen) atoms. The first-order valence-corrected chi connectivity index (χ1v) is 12.4. The average molecular weight is 504 g/mol. The minimum atomic E-state index is -1.31. The maximum Gasteiger partial charge on any atom is 1.00 e. The Morgan fingerprint density at radius 2 is 2.06 bits per heavy atom. The van der Waals surface area contributed by atoms with Gasteiger partial charge in [0, 0.05) is 10.1 Å². The predicted molar refractivity (Wildman–Crippen MR) is 119 cm³/mol. The van der Waals surface area contributed by atoms with Gasteiger partial charge in [0.25, 0.3) is 5.91 Å². The zero-order chi connectivity index (χ0) is 23.0. The van der Waals surface area contributed by atoms with Gasteiger partial charge in [-0.15, -0.1) is 23.1 Å². The monoisotopic (exact) mass is 503 g/mol. The summed E-state index contributed by atoms with van der Waals surface area (Å²) in [5.74, 6) is -1.99. The van der Waals surface area contributed by atoms with Crippen LogP contribution >= 0.6 is 23.1 Å². The third kappa shape index (κ3) is 5.34. The molecule has 0 bridgehead atoms. The summed E-state index contributed by atoms with van der Waals surface area (Å²) in [6.45, 7) is 3.89. The maximum atomic E-state index is 13.0. The third-order valence-electron chi connectivity index (χ3n) is 6.12. The molecule has 0 unspecified atom stereocenters. The molecule has 3 fully saturated rings. The Kier molecular flexibility index (Phi) is 8.37. The smallest absolute Gasteiger partial charge is 0.548 e. The third-order valence-corrected chi connectivity index (χ3v) is 8.37. The van der Waals surface area contributed by atoms with Gasteiger partial charge in [-0.3, -0.25) is 9.59 Å². The van der Waals surface area contributed by atoms with Crippen molar-refractivity contribution in [1.82, 2.24) is 15.2 Å². The van der Waals surface area contributed by atoms with Crippen LogP contribution in [0.25, 0.3) is 0 Å². The first kappa shape index (κ1) is 26.3. The number of aliphatic carboxylic acids is 1. The van der Waals surface area contributed by atoms with Gasteiger partial charge in [-0.25, -0.2) is 4.98 Å². The van der Waals surface area contributed by atoms with Crippen LogP contribution in [0.3, 0.4) is 0 Å². The number of carboxylic acids is 1. The molecule has 2 aliphatic heterocycles. The Hall–Kier alpha value is -1.34. The van der Waals surface area contributed by atoms with Crippen molar-refractivity contribution in [3.63, 3.8) is 0 Å². The van der Waals surface area contributed by atoms with E-state index in [1.807, 2.05) is 0 Å². The van der Waals surface area contributed by atoms with Crippen LogP contribution in [0.5, 0.6) is 0 Å². The molecule has 3 aliphatic rings. The Bertz CT molecular complexity index is 949. The Balaban J connectivity index is 0.00000306. The molecule has 2 amide bonds. The van der Waals surface area contributed by atoms with Crippen molar-refractivity contribution < 1.29 is 53.9 Å². The van der Waals surface area contributed by atoms with Crippen LogP contribution < -0.4 is 45.7 Å². The number of nitrogens with one attached hydrogen (secondary N) is 1. The number of carboxylic acid groups (broad SMARTS) is 1. The van der Waals surface area contributed by atoms with E-state index in [0.717, 1.165) is 25.7 Å². The number of anilines is 1. The number of hydrogen-bond donors (Lipinski definition) is 2. The number of thiazole rings is 1. The fourth-order valence-corrected chi connectivity index (χ4v) is 6.67. The van der Waals surface area contributed by atoms with Crippen molar-refractivity contribution >= 4 is 51.7 Å². The van der Waals surface area contributed by atoms with Gasteiger partial charge in [0.05, 0.1) is 12.0 Å². The number of carbonyl (C=O) groups excluding carboxylic acids is 3. The predicted octanol–water partition coefficient (Wildman–Crippen LogP) is -2.67. The molecule has 2 saturated heterocycles. The van der Waals surface area contributed by atoms with Crippen molar-refractivity contribution in [1.29, 1.82) is 0 Å². The van der Waals surface area contributed by atoms with Gasteiger partial charge in [-0.1, -0.05) is 24.4 Å². The number of rotatable bonds is 7. The van der Waals surface area contributed by atoms with E-state index >= 15 is 0 Å². The number of nitrogens with zero attached hydrogens (tertiary/aromatic N) is 3. The van der Waals surface area contributed by atoms with Crippen molar-refractivity contribution in [3.05, 3.63) is 11.1 Å². The molecular formula is C20H26N5NaO5S2. The van der Waals surface area contributed by atoms with E-state index in [1.54, 1.807) is 19.2 Å². The van der Waals surface area contributed by atoms with E-state index in [4.69, 9.17) is 10.6 Å². The summed E-state index contributed by atoms with van der Waals surface area (Å²) in [6.07, 6.45) is 5.70. The fraction of sp³-hybridized carbons (Fsp3) is 0.650. The van der Waals surface area contributed by atoms with Gasteiger partial charge < -0.3 is 30.7 Å². The second-order valence-electron chi connectivity index (χ2n) is 8.84. The standard InChI is InChI=1S/C20H27N5O5S2.Na/c1-20(2)14(18(28)29)25-16(27)13(17(25)32-20)23-15(26)12(11-9-31-19(21)22-11)24-30-8-10-6-4-3-5-7-10;/h9-10,13-14,17H,3-8H2,1-2H3,(H2,21,22)(H,23,26)(H,28,29);/q;+1/p-1/b24-12-;/t13-,14-,17+;/m0./s1. The van der Waals surface area contributed by atoms with Crippen LogP contribution in [0, 0.1) is 5.92 Å². The number of aromatic nitrogens is 1. The molecule has 4 rings (SSSR count). The molecule has 1 aromatic heterocycles. The molecule has 1 saturated carbocycles. The van der Waals surface area contributed by atoms with Gasteiger partial charge in [0.2, 0.25) is 5.91 Å². The first-order chi connectivity index (χ1) is 15.2. The van der Waals surface area contributed by atoms with Crippen LogP contribution in [0.4, 0.5) is 5.13 Å². The molecule has 1 aliphatic carbocycles. The quantitative estimate of drug-likeness (QED) is 0.177. The summed E-state index contributed by atoms with van der Waals surface area (Å²) in [5.41, 5.74) is 5.93. The molecule has 3 N–H and O–H groups in total. The van der Waals surface area contributed by atoms with Crippen molar-refractivity contribution in [2.24, 2.45) is 11.1 Å². The van der Waals surface area contributed by atoms with Crippen molar-refractivity contribution in [3.8, 4) is 0 Å². The van der Waals surface area contributed by atoms with Gasteiger partial charge in [0.1, 0.15) is 23.7 Å². The van der Waals surface area contributed by atoms with E-state index in [2.05, 4.69) is 15.5 Å². The number of amides is 2. The normalized spacial score (nSPS) is 26.7. The van der Waals surface area contributed by atoms with Crippen molar-refractivity contribution in [2.75, 3.05) is 12.3 Å². The fourth-order valence-electron chi connectivity index (χ4n) is 4.50. The van der Waals surface area contributed by atoms with E-state index in [0.29, 0.717) is 12.5 Å². The summed E-state index contributed by atoms with van der Waals surface area (Å²) in [6, 6.07) is -1.92. The molecular weight excluding hydrogens is 477 g/mol. The summed E-state index contributed by atoms with van der Waals surface area (Å²) in [4.78, 5) is 48.2. The number of fused-ring (bicyclic) bond motifs is 1. The zero-order valence-electron chi connectivity index (χ0n) is 18.9. The summed E-state index contributed by atoms with van der Waals surface area (Å²) in [7, 11) is 0. The molecule has 0 spiro atoms. The molecule has 174 valence electrons. The van der Waals surface area contributed by atoms with Crippen LogP contribution in [0.15, 0.2) is 10.5 Å². The average Bonchev–Trinajstić information content (AvgIpc) is 3.28. The van der Waals surface area contributed by atoms with E-state index in [-0.39, 0.29) is 46.1 Å². The van der Waals surface area contributed by atoms with Gasteiger partial charge >= 0.3 is 29.6 Å². The largest absolute Gasteiger partial charge is 1.00 e. The maximum absolute atomic E-state index is 13.0. The summed E-state index contributed by atoms with van der Waals surface area (Å²) >= 11 is 2.49. The molecule has 10 nitrogen and oxygen atoms in total. The van der Waals surface area contributed by atoms with Crippen LogP contribution in [0.1, 0.15) is 51.6 Å².